The van der Waals surface area contributed by atoms with Gasteiger partial charge in [-0.2, -0.15) is 0 Å². The molecule has 1 heterocycles. The first kappa shape index (κ1) is 14.0. The average molecular weight is 301 g/mol. The monoisotopic (exact) mass is 301 g/mol. The van der Waals surface area contributed by atoms with Crippen molar-refractivity contribution in [3.8, 4) is 0 Å². The fraction of sp³-hybridized carbons (Fsp3) is 0.167. The van der Waals surface area contributed by atoms with Gasteiger partial charge in [0.15, 0.2) is 0 Å². The van der Waals surface area contributed by atoms with Crippen LogP contribution in [-0.4, -0.2) is 13.5 Å². The molecular formula is C12H12FNO3S2. The molecule has 0 radical (unpaired) electrons. The number of hydrogen-bond acceptors (Lipinski definition) is 4. The van der Waals surface area contributed by atoms with Gasteiger partial charge in [-0.25, -0.2) is 12.8 Å². The summed E-state index contributed by atoms with van der Waals surface area (Å²) in [5.74, 6) is -0.635. The second-order valence-corrected chi connectivity index (χ2v) is 6.55. The van der Waals surface area contributed by atoms with Gasteiger partial charge in [0.1, 0.15) is 10.7 Å². The van der Waals surface area contributed by atoms with Crippen LogP contribution in [0, 0.1) is 12.7 Å². The van der Waals surface area contributed by atoms with Crippen LogP contribution in [0.2, 0.25) is 0 Å². The van der Waals surface area contributed by atoms with E-state index < -0.39 is 15.8 Å². The number of hydrogen-bond donors (Lipinski definition) is 2. The molecular weight excluding hydrogens is 289 g/mol. The molecule has 0 atom stereocenters. The van der Waals surface area contributed by atoms with Gasteiger partial charge in [-0.15, -0.1) is 11.3 Å². The molecule has 0 saturated carbocycles. The Bertz CT molecular complexity index is 675. The van der Waals surface area contributed by atoms with Gasteiger partial charge in [0.25, 0.3) is 10.0 Å². The maximum absolute atomic E-state index is 13.6. The average Bonchev–Trinajstić information content (AvgIpc) is 2.83. The fourth-order valence-corrected chi connectivity index (χ4v) is 4.07. The maximum Gasteiger partial charge on any atom is 0.263 e. The van der Waals surface area contributed by atoms with Crippen molar-refractivity contribution in [3.63, 3.8) is 0 Å². The highest BCUT2D eigenvalue weighted by atomic mass is 32.2. The molecule has 0 aliphatic carbocycles. The lowest BCUT2D eigenvalue weighted by Gasteiger charge is -2.11. The molecule has 0 spiro atoms. The van der Waals surface area contributed by atoms with E-state index in [0.717, 1.165) is 11.3 Å². The standard InChI is InChI=1S/C12H12FNO3S2/c1-8-3-2-4-9(13)12(8)14-19(16,17)11-5-6-18-10(11)7-15/h2-6,14-15H,7H2,1H3. The van der Waals surface area contributed by atoms with Crippen LogP contribution in [0.4, 0.5) is 10.1 Å². The minimum absolute atomic E-state index is 0.0253. The summed E-state index contributed by atoms with van der Waals surface area (Å²) in [5.41, 5.74) is 0.418. The van der Waals surface area contributed by atoms with Gasteiger partial charge in [-0.05, 0) is 30.0 Å². The predicted octanol–water partition coefficient (Wildman–Crippen LogP) is 2.49. The molecule has 0 unspecified atom stereocenters. The number of aryl methyl sites for hydroxylation is 1. The van der Waals surface area contributed by atoms with Gasteiger partial charge >= 0.3 is 0 Å². The Morgan fingerprint density at radius 3 is 2.74 bits per heavy atom. The molecule has 0 amide bonds. The van der Waals surface area contributed by atoms with Gasteiger partial charge in [-0.3, -0.25) is 4.72 Å². The van der Waals surface area contributed by atoms with Gasteiger partial charge in [0.05, 0.1) is 17.2 Å². The summed E-state index contributed by atoms with van der Waals surface area (Å²) in [6.45, 7) is 1.24. The number of anilines is 1. The van der Waals surface area contributed by atoms with E-state index in [9.17, 15) is 12.8 Å². The van der Waals surface area contributed by atoms with Gasteiger partial charge < -0.3 is 5.11 Å². The Hall–Kier alpha value is -1.44. The molecule has 1 aromatic carbocycles. The summed E-state index contributed by atoms with van der Waals surface area (Å²) >= 11 is 1.13. The van der Waals surface area contributed by atoms with E-state index in [1.807, 2.05) is 0 Å². The van der Waals surface area contributed by atoms with E-state index in [1.165, 1.54) is 18.2 Å². The minimum atomic E-state index is -3.90. The number of aliphatic hydroxyl groups excluding tert-OH is 1. The Morgan fingerprint density at radius 1 is 1.37 bits per heavy atom. The lowest BCUT2D eigenvalue weighted by atomic mass is 10.2. The van der Waals surface area contributed by atoms with Gasteiger partial charge in [-0.1, -0.05) is 12.1 Å². The zero-order valence-electron chi connectivity index (χ0n) is 10.1. The number of aliphatic hydroxyl groups is 1. The summed E-state index contributed by atoms with van der Waals surface area (Å²) in [5, 5.41) is 10.7. The Kier molecular flexibility index (Phi) is 3.88. The number of para-hydroxylation sites is 1. The highest BCUT2D eigenvalue weighted by Gasteiger charge is 2.21. The fourth-order valence-electron chi connectivity index (χ4n) is 1.63. The minimum Gasteiger partial charge on any atom is -0.391 e. The maximum atomic E-state index is 13.6. The predicted molar refractivity (Wildman–Crippen MR) is 72.2 cm³/mol. The lowest BCUT2D eigenvalue weighted by Crippen LogP contribution is -2.15. The molecule has 2 N–H and O–H groups in total. The number of sulfonamides is 1. The van der Waals surface area contributed by atoms with E-state index >= 15 is 0 Å². The summed E-state index contributed by atoms with van der Waals surface area (Å²) in [6, 6.07) is 5.69. The molecule has 1 aromatic heterocycles. The van der Waals surface area contributed by atoms with Crippen molar-refractivity contribution in [2.24, 2.45) is 0 Å². The highest BCUT2D eigenvalue weighted by Crippen LogP contribution is 2.26. The zero-order valence-corrected chi connectivity index (χ0v) is 11.7. The second kappa shape index (κ2) is 5.28. The third-order valence-corrected chi connectivity index (χ3v) is 5.07. The Balaban J connectivity index is 2.43. The lowest BCUT2D eigenvalue weighted by molar-refractivity contribution is 0.282. The van der Waals surface area contributed by atoms with Crippen LogP contribution in [0.25, 0.3) is 0 Å². The van der Waals surface area contributed by atoms with Crippen molar-refractivity contribution >= 4 is 27.0 Å². The molecule has 0 saturated heterocycles. The smallest absolute Gasteiger partial charge is 0.263 e. The zero-order chi connectivity index (χ0) is 14.0. The SMILES string of the molecule is Cc1cccc(F)c1NS(=O)(=O)c1ccsc1CO. The summed E-state index contributed by atoms with van der Waals surface area (Å²) in [6.07, 6.45) is 0. The number of rotatable bonds is 4. The highest BCUT2D eigenvalue weighted by molar-refractivity contribution is 7.93. The molecule has 0 aliphatic heterocycles. The third-order valence-electron chi connectivity index (χ3n) is 2.60. The summed E-state index contributed by atoms with van der Waals surface area (Å²) < 4.78 is 40.2. The van der Waals surface area contributed by atoms with E-state index in [1.54, 1.807) is 18.4 Å². The van der Waals surface area contributed by atoms with E-state index in [4.69, 9.17) is 5.11 Å². The first-order chi connectivity index (χ1) is 8.95. The van der Waals surface area contributed by atoms with Crippen molar-refractivity contribution in [1.29, 1.82) is 0 Å². The van der Waals surface area contributed by atoms with Crippen LogP contribution in [0.15, 0.2) is 34.5 Å². The quantitative estimate of drug-likeness (QED) is 0.912. The molecule has 7 heteroatoms. The molecule has 4 nitrogen and oxygen atoms in total. The molecule has 19 heavy (non-hydrogen) atoms. The van der Waals surface area contributed by atoms with Crippen molar-refractivity contribution in [2.45, 2.75) is 18.4 Å². The number of thiophene rings is 1. The van der Waals surface area contributed by atoms with Crippen LogP contribution in [-0.2, 0) is 16.6 Å². The molecule has 0 aliphatic rings. The van der Waals surface area contributed by atoms with Crippen LogP contribution in [0.5, 0.6) is 0 Å². The largest absolute Gasteiger partial charge is 0.391 e. The van der Waals surface area contributed by atoms with Crippen LogP contribution in [0.3, 0.4) is 0 Å². The summed E-state index contributed by atoms with van der Waals surface area (Å²) in [7, 11) is -3.90. The molecule has 0 fully saturated rings. The summed E-state index contributed by atoms with van der Waals surface area (Å²) in [4.78, 5) is 0.296. The number of benzene rings is 1. The molecule has 2 rings (SSSR count). The van der Waals surface area contributed by atoms with Crippen LogP contribution >= 0.6 is 11.3 Å². The van der Waals surface area contributed by atoms with Gasteiger partial charge in [0.2, 0.25) is 0 Å². The van der Waals surface area contributed by atoms with Gasteiger partial charge in [0, 0.05) is 0 Å². The third kappa shape index (κ3) is 2.78. The molecule has 0 bridgehead atoms. The Morgan fingerprint density at radius 2 is 2.11 bits per heavy atom. The number of nitrogens with one attached hydrogen (secondary N) is 1. The topological polar surface area (TPSA) is 66.4 Å². The first-order valence-corrected chi connectivity index (χ1v) is 7.77. The van der Waals surface area contributed by atoms with E-state index in [0.29, 0.717) is 10.4 Å². The molecule has 2 aromatic rings. The van der Waals surface area contributed by atoms with Crippen LogP contribution in [0.1, 0.15) is 10.4 Å². The van der Waals surface area contributed by atoms with E-state index in [-0.39, 0.29) is 17.2 Å². The first-order valence-electron chi connectivity index (χ1n) is 5.41. The van der Waals surface area contributed by atoms with E-state index in [2.05, 4.69) is 4.72 Å². The number of halogens is 1. The van der Waals surface area contributed by atoms with Crippen molar-refractivity contribution in [2.75, 3.05) is 4.72 Å². The van der Waals surface area contributed by atoms with Crippen molar-refractivity contribution in [1.82, 2.24) is 0 Å². The van der Waals surface area contributed by atoms with Crippen LogP contribution < -0.4 is 4.72 Å². The second-order valence-electron chi connectivity index (χ2n) is 3.90. The molecule has 102 valence electrons. The normalized spacial score (nSPS) is 11.5. The van der Waals surface area contributed by atoms with Crippen molar-refractivity contribution < 1.29 is 17.9 Å². The van der Waals surface area contributed by atoms with Crippen molar-refractivity contribution in [3.05, 3.63) is 45.9 Å². The Labute approximate surface area is 114 Å².